The summed E-state index contributed by atoms with van der Waals surface area (Å²) < 4.78 is 2.14. The second kappa shape index (κ2) is 6.84. The van der Waals surface area contributed by atoms with Crippen molar-refractivity contribution in [3.05, 3.63) is 81.8 Å². The summed E-state index contributed by atoms with van der Waals surface area (Å²) in [4.78, 5) is 0. The number of aromatic hydroxyl groups is 2. The predicted molar refractivity (Wildman–Crippen MR) is 111 cm³/mol. The van der Waals surface area contributed by atoms with Crippen LogP contribution < -0.4 is 0 Å². The van der Waals surface area contributed by atoms with Crippen molar-refractivity contribution in [1.29, 1.82) is 0 Å². The largest absolute Gasteiger partial charge is 0.508 e. The third-order valence-electron chi connectivity index (χ3n) is 4.82. The number of aryl methyl sites for hydroxylation is 1. The van der Waals surface area contributed by atoms with Crippen LogP contribution in [0.2, 0.25) is 10.0 Å². The van der Waals surface area contributed by atoms with Gasteiger partial charge in [0.25, 0.3) is 0 Å². The lowest BCUT2D eigenvalue weighted by Crippen LogP contribution is -2.03. The van der Waals surface area contributed by atoms with E-state index >= 15 is 0 Å². The molecule has 0 radical (unpaired) electrons. The number of phenolic OH excluding ortho intramolecular Hbond substituents is 2. The third kappa shape index (κ3) is 3.14. The zero-order valence-electron chi connectivity index (χ0n) is 14.6. The molecule has 0 saturated heterocycles. The molecule has 0 saturated carbocycles. The summed E-state index contributed by atoms with van der Waals surface area (Å²) in [5.74, 6) is 0.432. The van der Waals surface area contributed by atoms with Gasteiger partial charge in [-0.15, -0.1) is 0 Å². The topological polar surface area (TPSA) is 45.4 Å². The van der Waals surface area contributed by atoms with Crippen LogP contribution in [-0.4, -0.2) is 14.8 Å². The molecule has 2 N–H and O–H groups in total. The third-order valence-corrected chi connectivity index (χ3v) is 5.53. The molecule has 0 fully saturated rings. The Balaban J connectivity index is 2.00. The first-order valence-corrected chi connectivity index (χ1v) is 9.25. The predicted octanol–water partition coefficient (Wildman–Crippen LogP) is 6.38. The van der Waals surface area contributed by atoms with Crippen LogP contribution in [0.5, 0.6) is 11.5 Å². The van der Waals surface area contributed by atoms with Gasteiger partial charge >= 0.3 is 0 Å². The summed E-state index contributed by atoms with van der Waals surface area (Å²) in [7, 11) is 0. The van der Waals surface area contributed by atoms with Crippen molar-refractivity contribution in [2.24, 2.45) is 0 Å². The molecule has 0 aliphatic carbocycles. The fourth-order valence-electron chi connectivity index (χ4n) is 3.51. The Morgan fingerprint density at radius 1 is 0.852 bits per heavy atom. The molecule has 27 heavy (non-hydrogen) atoms. The number of benzene rings is 3. The molecule has 0 spiro atoms. The molecule has 0 amide bonds. The van der Waals surface area contributed by atoms with Gasteiger partial charge in [0, 0.05) is 26.5 Å². The lowest BCUT2D eigenvalue weighted by atomic mass is 10.1. The van der Waals surface area contributed by atoms with E-state index in [0.29, 0.717) is 16.6 Å². The van der Waals surface area contributed by atoms with Crippen molar-refractivity contribution < 1.29 is 10.2 Å². The highest BCUT2D eigenvalue weighted by Gasteiger charge is 2.18. The lowest BCUT2D eigenvalue weighted by molar-refractivity contribution is 0.475. The van der Waals surface area contributed by atoms with Crippen LogP contribution in [0, 0.1) is 6.92 Å². The van der Waals surface area contributed by atoms with Crippen molar-refractivity contribution in [1.82, 2.24) is 4.57 Å². The van der Waals surface area contributed by atoms with Crippen molar-refractivity contribution in [2.45, 2.75) is 13.5 Å². The Kier molecular flexibility index (Phi) is 4.50. The molecule has 3 nitrogen and oxygen atoms in total. The number of hydrogen-bond acceptors (Lipinski definition) is 2. The van der Waals surface area contributed by atoms with Crippen molar-refractivity contribution in [3.63, 3.8) is 0 Å². The standard InChI is InChI=1S/C22H17Cl2NO2/c1-13-17-11-16(27)9-10-21(17)25(12-18-19(23)3-2-4-20(18)24)22(13)14-5-7-15(26)8-6-14/h2-11,26-27H,12H2,1H3. The molecule has 4 aromatic rings. The summed E-state index contributed by atoms with van der Waals surface area (Å²) in [5.41, 5.74) is 4.81. The average Bonchev–Trinajstić information content (AvgIpc) is 2.91. The van der Waals surface area contributed by atoms with Gasteiger partial charge in [-0.2, -0.15) is 0 Å². The van der Waals surface area contributed by atoms with E-state index in [1.807, 2.05) is 43.3 Å². The normalized spacial score (nSPS) is 11.2. The Morgan fingerprint density at radius 3 is 2.15 bits per heavy atom. The minimum Gasteiger partial charge on any atom is -0.508 e. The number of phenols is 2. The first-order chi connectivity index (χ1) is 13.0. The SMILES string of the molecule is Cc1c(-c2ccc(O)cc2)n(Cc2c(Cl)cccc2Cl)c2ccc(O)cc12. The van der Waals surface area contributed by atoms with Gasteiger partial charge in [0.15, 0.2) is 0 Å². The number of fused-ring (bicyclic) bond motifs is 1. The van der Waals surface area contributed by atoms with Crippen LogP contribution >= 0.6 is 23.2 Å². The Hall–Kier alpha value is -2.62. The maximum absolute atomic E-state index is 9.96. The average molecular weight is 398 g/mol. The molecule has 4 rings (SSSR count). The van der Waals surface area contributed by atoms with Gasteiger partial charge in [0.05, 0.1) is 12.2 Å². The van der Waals surface area contributed by atoms with Gasteiger partial charge in [-0.05, 0) is 72.6 Å². The van der Waals surface area contributed by atoms with Gasteiger partial charge in [0.2, 0.25) is 0 Å². The minimum atomic E-state index is 0.214. The first-order valence-electron chi connectivity index (χ1n) is 8.50. The lowest BCUT2D eigenvalue weighted by Gasteiger charge is -2.14. The van der Waals surface area contributed by atoms with Gasteiger partial charge in [-0.1, -0.05) is 29.3 Å². The summed E-state index contributed by atoms with van der Waals surface area (Å²) in [6.45, 7) is 2.51. The van der Waals surface area contributed by atoms with Crippen LogP contribution in [0.25, 0.3) is 22.2 Å². The van der Waals surface area contributed by atoms with Crippen molar-refractivity contribution >= 4 is 34.1 Å². The van der Waals surface area contributed by atoms with Crippen LogP contribution in [0.15, 0.2) is 60.7 Å². The molecule has 1 heterocycles. The molecule has 0 aliphatic rings. The molecule has 136 valence electrons. The Bertz CT molecular complexity index is 1130. The molecule has 1 aromatic heterocycles. The van der Waals surface area contributed by atoms with Gasteiger partial charge in [0.1, 0.15) is 11.5 Å². The second-order valence-electron chi connectivity index (χ2n) is 6.51. The number of rotatable bonds is 3. The molecular formula is C22H17Cl2NO2. The van der Waals surface area contributed by atoms with Gasteiger partial charge in [-0.25, -0.2) is 0 Å². The zero-order valence-corrected chi connectivity index (χ0v) is 16.1. The van der Waals surface area contributed by atoms with Crippen LogP contribution in [0.4, 0.5) is 0 Å². The Labute approximate surface area is 167 Å². The molecule has 0 atom stereocenters. The van der Waals surface area contributed by atoms with Crippen molar-refractivity contribution in [2.75, 3.05) is 0 Å². The molecular weight excluding hydrogens is 381 g/mol. The molecule has 5 heteroatoms. The quantitative estimate of drug-likeness (QED) is 0.420. The summed E-state index contributed by atoms with van der Waals surface area (Å²) in [6, 6.07) is 17.9. The van der Waals surface area contributed by atoms with E-state index < -0.39 is 0 Å². The molecule has 3 aromatic carbocycles. The van der Waals surface area contributed by atoms with E-state index in [4.69, 9.17) is 23.2 Å². The highest BCUT2D eigenvalue weighted by molar-refractivity contribution is 6.36. The smallest absolute Gasteiger partial charge is 0.116 e. The van der Waals surface area contributed by atoms with Crippen LogP contribution in [0.3, 0.4) is 0 Å². The maximum Gasteiger partial charge on any atom is 0.116 e. The van der Waals surface area contributed by atoms with E-state index in [1.165, 1.54) is 0 Å². The van der Waals surface area contributed by atoms with Gasteiger partial charge in [-0.3, -0.25) is 0 Å². The van der Waals surface area contributed by atoms with Crippen LogP contribution in [0.1, 0.15) is 11.1 Å². The fraction of sp³-hybridized carbons (Fsp3) is 0.0909. The van der Waals surface area contributed by atoms with E-state index in [2.05, 4.69) is 4.57 Å². The van der Waals surface area contributed by atoms with Crippen LogP contribution in [-0.2, 0) is 6.54 Å². The number of aromatic nitrogens is 1. The van der Waals surface area contributed by atoms with Crippen molar-refractivity contribution in [3.8, 4) is 22.8 Å². The van der Waals surface area contributed by atoms with Gasteiger partial charge < -0.3 is 14.8 Å². The highest BCUT2D eigenvalue weighted by atomic mass is 35.5. The molecule has 0 aliphatic heterocycles. The minimum absolute atomic E-state index is 0.214. The van der Waals surface area contributed by atoms with E-state index in [1.54, 1.807) is 24.3 Å². The molecule has 0 bridgehead atoms. The van der Waals surface area contributed by atoms with E-state index in [9.17, 15) is 10.2 Å². The summed E-state index contributed by atoms with van der Waals surface area (Å²) >= 11 is 12.8. The fourth-order valence-corrected chi connectivity index (χ4v) is 4.02. The Morgan fingerprint density at radius 2 is 1.48 bits per heavy atom. The zero-order chi connectivity index (χ0) is 19.1. The summed E-state index contributed by atoms with van der Waals surface area (Å²) in [5, 5.41) is 21.8. The monoisotopic (exact) mass is 397 g/mol. The van der Waals surface area contributed by atoms with E-state index in [0.717, 1.165) is 33.3 Å². The highest BCUT2D eigenvalue weighted by Crippen LogP contribution is 2.37. The number of hydrogen-bond donors (Lipinski definition) is 2. The number of halogens is 2. The number of nitrogens with zero attached hydrogens (tertiary/aromatic N) is 1. The van der Waals surface area contributed by atoms with E-state index in [-0.39, 0.29) is 11.5 Å². The summed E-state index contributed by atoms with van der Waals surface area (Å²) in [6.07, 6.45) is 0. The molecule has 0 unspecified atom stereocenters. The second-order valence-corrected chi connectivity index (χ2v) is 7.32. The maximum atomic E-state index is 9.96. The first kappa shape index (κ1) is 17.8.